The predicted molar refractivity (Wildman–Crippen MR) is 129 cm³/mol. The molecule has 0 fully saturated rings. The summed E-state index contributed by atoms with van der Waals surface area (Å²) in [6, 6.07) is 1.66. The molecule has 0 aliphatic carbocycles. The van der Waals surface area contributed by atoms with Gasteiger partial charge in [-0.15, -0.1) is 0 Å². The number of nitrogens with one attached hydrogen (secondary N) is 2. The van der Waals surface area contributed by atoms with Gasteiger partial charge in [-0.1, -0.05) is 0 Å². The molecule has 0 atom stereocenters. The molecule has 0 radical (unpaired) electrons. The van der Waals surface area contributed by atoms with Crippen molar-refractivity contribution in [1.29, 1.82) is 0 Å². The maximum Gasteiger partial charge on any atom is 0.501 e. The number of benzene rings is 2. The molecule has 296 valence electrons. The van der Waals surface area contributed by atoms with Crippen LogP contribution in [0.2, 0.25) is 0 Å². The van der Waals surface area contributed by atoms with E-state index in [1.165, 1.54) is 0 Å². The van der Waals surface area contributed by atoms with Crippen LogP contribution in [0.1, 0.15) is 0 Å². The van der Waals surface area contributed by atoms with Gasteiger partial charge in [0.15, 0.2) is 0 Å². The Morgan fingerprint density at radius 1 is 0.481 bits per heavy atom. The van der Waals surface area contributed by atoms with E-state index in [1.807, 2.05) is 10.6 Å². The Balaban J connectivity index is 2.31. The number of halogens is 20. The molecule has 0 spiro atoms. The van der Waals surface area contributed by atoms with E-state index < -0.39 is 100 Å². The number of alkyl halides is 20. The van der Waals surface area contributed by atoms with Gasteiger partial charge in [-0.2, -0.15) is 96.2 Å². The first kappa shape index (κ1) is 44.2. The normalized spacial score (nSPS) is 14.9. The van der Waals surface area contributed by atoms with E-state index in [1.54, 1.807) is 0 Å². The Hall–Kier alpha value is -3.99. The van der Waals surface area contributed by atoms with E-state index in [4.69, 9.17) is 0 Å². The van der Waals surface area contributed by atoms with E-state index >= 15 is 0 Å². The van der Waals surface area contributed by atoms with Crippen molar-refractivity contribution >= 4 is 37.4 Å². The van der Waals surface area contributed by atoms with Crippen molar-refractivity contribution < 1.29 is 114 Å². The molecule has 0 aliphatic heterocycles. The average molecular weight is 842 g/mol. The number of urea groups is 1. The van der Waals surface area contributed by atoms with Crippen molar-refractivity contribution in [2.75, 3.05) is 10.6 Å². The van der Waals surface area contributed by atoms with E-state index in [0.29, 0.717) is 36.4 Å². The first-order chi connectivity index (χ1) is 22.8. The van der Waals surface area contributed by atoms with E-state index in [-0.39, 0.29) is 12.1 Å². The standard InChI is InChI=1S/C22H10F20N2O6S2/c23-14(24,16(27,28)18(31,32)20(35,36)37)15(25,26)17(29,30)19(33,34)21(38,39)52(48,49)50-11-5-1-9(2-6-11)43-13(45)44-10-3-7-12(8-4-10)51(46,47)22(40,41)42/h1-8H,(H2,43,44,45). The molecule has 8 nitrogen and oxygen atoms in total. The van der Waals surface area contributed by atoms with Crippen LogP contribution in [0.15, 0.2) is 53.4 Å². The number of hydrogen-bond acceptors (Lipinski definition) is 6. The summed E-state index contributed by atoms with van der Waals surface area (Å²) in [5.41, 5.74) is -6.68. The summed E-state index contributed by atoms with van der Waals surface area (Å²) in [4.78, 5) is 10.8. The van der Waals surface area contributed by atoms with Crippen LogP contribution >= 0.6 is 0 Å². The molecule has 2 rings (SSSR count). The number of amides is 2. The number of rotatable bonds is 12. The molecule has 0 bridgehead atoms. The number of carbonyl (C=O) groups excluding carboxylic acids is 1. The van der Waals surface area contributed by atoms with Crippen LogP contribution in [0.4, 0.5) is 104 Å². The summed E-state index contributed by atoms with van der Waals surface area (Å²) in [5.74, 6) is -54.4. The van der Waals surface area contributed by atoms with Gasteiger partial charge in [-0.05, 0) is 48.5 Å². The molecule has 2 amide bonds. The van der Waals surface area contributed by atoms with E-state index in [2.05, 4.69) is 4.18 Å². The highest BCUT2D eigenvalue weighted by molar-refractivity contribution is 7.92. The van der Waals surface area contributed by atoms with Crippen LogP contribution in [0.25, 0.3) is 0 Å². The fourth-order valence-corrected chi connectivity index (χ4v) is 4.90. The number of carbonyl (C=O) groups is 1. The minimum Gasteiger partial charge on any atom is -0.378 e. The second kappa shape index (κ2) is 12.8. The fourth-order valence-electron chi connectivity index (χ4n) is 3.22. The second-order valence-electron chi connectivity index (χ2n) is 9.58. The zero-order valence-electron chi connectivity index (χ0n) is 23.4. The molecule has 0 heterocycles. The maximum atomic E-state index is 14.2. The van der Waals surface area contributed by atoms with Gasteiger partial charge in [0.2, 0.25) is 0 Å². The van der Waals surface area contributed by atoms with Gasteiger partial charge < -0.3 is 14.8 Å². The maximum absolute atomic E-state index is 14.2. The summed E-state index contributed by atoms with van der Waals surface area (Å²) in [6.07, 6.45) is -7.98. The van der Waals surface area contributed by atoms with Gasteiger partial charge in [-0.25, -0.2) is 13.2 Å². The Morgan fingerprint density at radius 3 is 1.15 bits per heavy atom. The van der Waals surface area contributed by atoms with E-state index in [0.717, 1.165) is 0 Å². The topological polar surface area (TPSA) is 119 Å². The second-order valence-corrected chi connectivity index (χ2v) is 13.1. The molecule has 2 aromatic carbocycles. The highest BCUT2D eigenvalue weighted by Crippen LogP contribution is 2.64. The largest absolute Gasteiger partial charge is 0.501 e. The van der Waals surface area contributed by atoms with Crippen molar-refractivity contribution in [3.63, 3.8) is 0 Å². The fraction of sp³-hybridized carbons (Fsp3) is 0.409. The third-order valence-corrected chi connectivity index (χ3v) is 8.85. The summed E-state index contributed by atoms with van der Waals surface area (Å²) in [5, 5.41) is -4.21. The lowest BCUT2D eigenvalue weighted by Crippen LogP contribution is -2.75. The van der Waals surface area contributed by atoms with E-state index in [9.17, 15) is 109 Å². The molecule has 0 unspecified atom stereocenters. The minimum absolute atomic E-state index is 0.0822. The highest BCUT2D eigenvalue weighted by atomic mass is 32.2. The smallest absolute Gasteiger partial charge is 0.378 e. The van der Waals surface area contributed by atoms with Crippen LogP contribution in [0.3, 0.4) is 0 Å². The van der Waals surface area contributed by atoms with Crippen LogP contribution < -0.4 is 14.8 Å². The molecule has 0 saturated heterocycles. The molecule has 52 heavy (non-hydrogen) atoms. The molecule has 30 heteroatoms. The molecule has 0 aromatic heterocycles. The first-order valence-corrected chi connectivity index (χ1v) is 14.9. The number of hydrogen-bond donors (Lipinski definition) is 2. The molecule has 2 N–H and O–H groups in total. The molecule has 2 aromatic rings. The Kier molecular flexibility index (Phi) is 10.9. The highest BCUT2D eigenvalue weighted by Gasteiger charge is 2.96. The lowest BCUT2D eigenvalue weighted by atomic mass is 9.91. The number of anilines is 2. The van der Waals surface area contributed by atoms with Gasteiger partial charge in [0.05, 0.1) is 4.90 Å². The van der Waals surface area contributed by atoms with Gasteiger partial charge in [0.25, 0.3) is 9.84 Å². The average Bonchev–Trinajstić information content (AvgIpc) is 2.96. The Morgan fingerprint density at radius 2 is 0.808 bits per heavy atom. The predicted octanol–water partition coefficient (Wildman–Crippen LogP) is 8.30. The van der Waals surface area contributed by atoms with Gasteiger partial charge in [-0.3, -0.25) is 0 Å². The van der Waals surface area contributed by atoms with Crippen molar-refractivity contribution in [3.8, 4) is 5.75 Å². The number of sulfone groups is 1. The lowest BCUT2D eigenvalue weighted by molar-refractivity contribution is -0.458. The monoisotopic (exact) mass is 842 g/mol. The summed E-state index contributed by atoms with van der Waals surface area (Å²) in [6.45, 7) is 0. The van der Waals surface area contributed by atoms with Crippen molar-refractivity contribution in [2.45, 2.75) is 57.4 Å². The molecular weight excluding hydrogens is 832 g/mol. The molecule has 0 aliphatic rings. The Bertz CT molecular complexity index is 1860. The Labute approximate surface area is 273 Å². The van der Waals surface area contributed by atoms with Gasteiger partial charge in [0.1, 0.15) is 5.75 Å². The summed E-state index contributed by atoms with van der Waals surface area (Å²) >= 11 is 0. The minimum atomic E-state index is -9.03. The quantitative estimate of drug-likeness (QED) is 0.164. The first-order valence-electron chi connectivity index (χ1n) is 12.0. The SMILES string of the molecule is O=C(Nc1ccc(OS(=O)(=O)C(F)(F)C(F)(F)C(F)(F)C(F)(F)C(F)(F)C(F)(F)C(F)(F)C(F)(F)F)cc1)Nc1ccc(S(=O)(=O)C(F)(F)F)cc1. The van der Waals surface area contributed by atoms with Crippen molar-refractivity contribution in [1.82, 2.24) is 0 Å². The van der Waals surface area contributed by atoms with Crippen LogP contribution in [0, 0.1) is 0 Å². The van der Waals surface area contributed by atoms with Crippen LogP contribution in [-0.2, 0) is 20.0 Å². The van der Waals surface area contributed by atoms with Crippen molar-refractivity contribution in [2.24, 2.45) is 0 Å². The summed E-state index contributed by atoms with van der Waals surface area (Å²) < 4.78 is 316. The van der Waals surface area contributed by atoms with Gasteiger partial charge >= 0.3 is 68.6 Å². The summed E-state index contributed by atoms with van der Waals surface area (Å²) in [7, 11) is -13.7. The zero-order chi connectivity index (χ0) is 41.2. The zero-order valence-corrected chi connectivity index (χ0v) is 25.1. The van der Waals surface area contributed by atoms with Gasteiger partial charge in [0, 0.05) is 11.4 Å². The third kappa shape index (κ3) is 6.93. The van der Waals surface area contributed by atoms with Crippen molar-refractivity contribution in [3.05, 3.63) is 48.5 Å². The van der Waals surface area contributed by atoms with Crippen LogP contribution in [-0.4, -0.2) is 75.3 Å². The van der Waals surface area contributed by atoms with Crippen LogP contribution in [0.5, 0.6) is 5.75 Å². The lowest BCUT2D eigenvalue weighted by Gasteiger charge is -2.42. The molecule has 0 saturated carbocycles. The third-order valence-electron chi connectivity index (χ3n) is 6.05. The molecular formula is C22H10F20N2O6S2.